The molecule has 0 saturated heterocycles. The molecule has 0 aliphatic heterocycles. The Balaban J connectivity index is 2.11. The highest BCUT2D eigenvalue weighted by Gasteiger charge is 2.20. The summed E-state index contributed by atoms with van der Waals surface area (Å²) in [4.78, 5) is 3.55. The summed E-state index contributed by atoms with van der Waals surface area (Å²) in [5.41, 5.74) is 8.89. The summed E-state index contributed by atoms with van der Waals surface area (Å²) in [7, 11) is 0. The number of nitrogens with one attached hydrogen (secondary N) is 2. The van der Waals surface area contributed by atoms with Crippen LogP contribution in [0.2, 0.25) is 10.0 Å². The van der Waals surface area contributed by atoms with Gasteiger partial charge < -0.3 is 5.32 Å². The summed E-state index contributed by atoms with van der Waals surface area (Å²) in [6.07, 6.45) is 11.2. The molecule has 2 aromatic carbocycles. The number of allylic oxidation sites excluding steroid dienone is 5. The van der Waals surface area contributed by atoms with E-state index in [0.29, 0.717) is 10.0 Å². The highest BCUT2D eigenvalue weighted by molar-refractivity contribution is 6.38. The van der Waals surface area contributed by atoms with Crippen molar-refractivity contribution in [3.63, 3.8) is 0 Å². The third-order valence-electron chi connectivity index (χ3n) is 5.93. The van der Waals surface area contributed by atoms with E-state index in [-0.39, 0.29) is 0 Å². The predicted molar refractivity (Wildman–Crippen MR) is 146 cm³/mol. The van der Waals surface area contributed by atoms with Gasteiger partial charge in [-0.15, -0.1) is 0 Å². The van der Waals surface area contributed by atoms with Crippen molar-refractivity contribution in [1.29, 1.82) is 0 Å². The van der Waals surface area contributed by atoms with Gasteiger partial charge in [0.1, 0.15) is 6.54 Å². The molecule has 0 fully saturated rings. The van der Waals surface area contributed by atoms with Gasteiger partial charge in [0, 0.05) is 45.9 Å². The van der Waals surface area contributed by atoms with E-state index in [1.807, 2.05) is 18.2 Å². The SMILES string of the molecule is CCCCNc1ccc(/C(=C2\C=CC(=[NH+]CCCC)C(C)=C2)c2c(Cl)cccc2Cl)cc1C. The maximum atomic E-state index is 6.71. The standard InChI is InChI=1S/C29H34Cl2N2/c1-5-7-16-32-26-14-12-22(18-20(26)3)28(29-24(30)10-9-11-25(29)31)23-13-15-27(21(4)19-23)33-17-8-6-2/h9-15,18-19,32H,5-8,16-17H2,1-4H3/p+1/b28-23-,33-27?. The number of aryl methyl sites for hydroxylation is 1. The molecule has 0 amide bonds. The summed E-state index contributed by atoms with van der Waals surface area (Å²) in [5, 5.41) is 4.86. The lowest BCUT2D eigenvalue weighted by Gasteiger charge is -2.19. The largest absolute Gasteiger partial charge is 0.385 e. The molecule has 0 radical (unpaired) electrons. The fraction of sp³-hybridized carbons (Fsp3) is 0.345. The molecule has 0 atom stereocenters. The Morgan fingerprint density at radius 2 is 1.67 bits per heavy atom. The normalized spacial score (nSPS) is 16.2. The van der Waals surface area contributed by atoms with Crippen LogP contribution in [0.4, 0.5) is 5.69 Å². The molecule has 3 rings (SSSR count). The fourth-order valence-corrected chi connectivity index (χ4v) is 4.61. The van der Waals surface area contributed by atoms with E-state index in [4.69, 9.17) is 23.2 Å². The molecule has 0 bridgehead atoms. The van der Waals surface area contributed by atoms with Crippen LogP contribution in [-0.4, -0.2) is 18.8 Å². The topological polar surface area (TPSA) is 26.0 Å². The molecule has 2 nitrogen and oxygen atoms in total. The van der Waals surface area contributed by atoms with Crippen molar-refractivity contribution >= 4 is 40.2 Å². The van der Waals surface area contributed by atoms with E-state index in [1.54, 1.807) is 0 Å². The Morgan fingerprint density at radius 3 is 2.30 bits per heavy atom. The molecule has 1 aliphatic rings. The highest BCUT2D eigenvalue weighted by atomic mass is 35.5. The van der Waals surface area contributed by atoms with Gasteiger partial charge in [-0.2, -0.15) is 0 Å². The number of benzene rings is 2. The Labute approximate surface area is 209 Å². The molecule has 2 aromatic rings. The summed E-state index contributed by atoms with van der Waals surface area (Å²) in [6.45, 7) is 10.7. The van der Waals surface area contributed by atoms with Crippen molar-refractivity contribution in [2.24, 2.45) is 0 Å². The molecule has 174 valence electrons. The van der Waals surface area contributed by atoms with Gasteiger partial charge in [0.25, 0.3) is 0 Å². The van der Waals surface area contributed by atoms with E-state index in [9.17, 15) is 0 Å². The van der Waals surface area contributed by atoms with Crippen LogP contribution in [0, 0.1) is 6.92 Å². The van der Waals surface area contributed by atoms with Gasteiger partial charge in [-0.25, -0.2) is 4.99 Å². The van der Waals surface area contributed by atoms with Gasteiger partial charge in [-0.1, -0.05) is 62.0 Å². The number of rotatable bonds is 9. The quantitative estimate of drug-likeness (QED) is 0.365. The molecule has 0 spiro atoms. The number of anilines is 1. The maximum absolute atomic E-state index is 6.71. The summed E-state index contributed by atoms with van der Waals surface area (Å²) >= 11 is 13.4. The third kappa shape index (κ3) is 6.40. The molecule has 0 aromatic heterocycles. The Morgan fingerprint density at radius 1 is 0.939 bits per heavy atom. The number of unbranched alkanes of at least 4 members (excludes halogenated alkanes) is 2. The first-order valence-electron chi connectivity index (χ1n) is 12.0. The lowest BCUT2D eigenvalue weighted by Crippen LogP contribution is -2.73. The second kappa shape index (κ2) is 12.3. The molecule has 0 heterocycles. The highest BCUT2D eigenvalue weighted by Crippen LogP contribution is 2.39. The summed E-state index contributed by atoms with van der Waals surface area (Å²) < 4.78 is 0. The van der Waals surface area contributed by atoms with Crippen LogP contribution in [-0.2, 0) is 0 Å². The van der Waals surface area contributed by atoms with E-state index in [2.05, 4.69) is 74.4 Å². The van der Waals surface area contributed by atoms with E-state index in [0.717, 1.165) is 48.2 Å². The van der Waals surface area contributed by atoms with Crippen LogP contribution >= 0.6 is 23.2 Å². The first-order valence-corrected chi connectivity index (χ1v) is 12.7. The van der Waals surface area contributed by atoms with E-state index < -0.39 is 0 Å². The molecule has 0 saturated carbocycles. The van der Waals surface area contributed by atoms with E-state index >= 15 is 0 Å². The molecular weight excluding hydrogens is 447 g/mol. The Hall–Kier alpha value is -2.29. The Kier molecular flexibility index (Phi) is 9.41. The first kappa shape index (κ1) is 25.3. The minimum Gasteiger partial charge on any atom is -0.385 e. The zero-order valence-electron chi connectivity index (χ0n) is 20.2. The predicted octanol–water partition coefficient (Wildman–Crippen LogP) is 7.15. The van der Waals surface area contributed by atoms with Crippen LogP contribution in [0.15, 0.2) is 65.8 Å². The van der Waals surface area contributed by atoms with Crippen molar-refractivity contribution in [3.8, 4) is 0 Å². The molecule has 0 unspecified atom stereocenters. The van der Waals surface area contributed by atoms with Gasteiger partial charge in [-0.3, -0.25) is 0 Å². The minimum atomic E-state index is 0.656. The van der Waals surface area contributed by atoms with Crippen LogP contribution in [0.1, 0.15) is 63.1 Å². The van der Waals surface area contributed by atoms with Crippen LogP contribution in [0.3, 0.4) is 0 Å². The van der Waals surface area contributed by atoms with Crippen molar-refractivity contribution in [3.05, 3.63) is 92.5 Å². The van der Waals surface area contributed by atoms with Gasteiger partial charge in [0.15, 0.2) is 0 Å². The fourth-order valence-electron chi connectivity index (χ4n) is 4.03. The first-order chi connectivity index (χ1) is 16.0. The van der Waals surface area contributed by atoms with Crippen molar-refractivity contribution < 1.29 is 4.99 Å². The van der Waals surface area contributed by atoms with Gasteiger partial charge in [-0.05, 0) is 79.0 Å². The second-order valence-corrected chi connectivity index (χ2v) is 9.41. The van der Waals surface area contributed by atoms with Crippen molar-refractivity contribution in [2.45, 2.75) is 53.4 Å². The smallest absolute Gasteiger partial charge is 0.201 e. The molecule has 4 heteroatoms. The van der Waals surface area contributed by atoms with Crippen LogP contribution in [0.25, 0.3) is 5.57 Å². The second-order valence-electron chi connectivity index (χ2n) is 8.59. The van der Waals surface area contributed by atoms with Gasteiger partial charge >= 0.3 is 0 Å². The molecule has 33 heavy (non-hydrogen) atoms. The number of hydrogen-bond donors (Lipinski definition) is 2. The summed E-state index contributed by atoms with van der Waals surface area (Å²) in [6, 6.07) is 12.3. The van der Waals surface area contributed by atoms with Crippen molar-refractivity contribution in [2.75, 3.05) is 18.4 Å². The van der Waals surface area contributed by atoms with Crippen LogP contribution < -0.4 is 10.3 Å². The zero-order valence-corrected chi connectivity index (χ0v) is 21.7. The number of hydrogen-bond acceptors (Lipinski definition) is 1. The monoisotopic (exact) mass is 481 g/mol. The maximum Gasteiger partial charge on any atom is 0.201 e. The van der Waals surface area contributed by atoms with Gasteiger partial charge in [0.05, 0.1) is 0 Å². The van der Waals surface area contributed by atoms with E-state index in [1.165, 1.54) is 35.4 Å². The van der Waals surface area contributed by atoms with Crippen molar-refractivity contribution in [1.82, 2.24) is 0 Å². The minimum absolute atomic E-state index is 0.656. The average molecular weight is 483 g/mol. The zero-order chi connectivity index (χ0) is 23.8. The number of halogens is 2. The van der Waals surface area contributed by atoms with Crippen LogP contribution in [0.5, 0.6) is 0 Å². The Bertz CT molecular complexity index is 1090. The molecular formula is C29H35Cl2N2+. The summed E-state index contributed by atoms with van der Waals surface area (Å²) in [5.74, 6) is 0. The average Bonchev–Trinajstić information content (AvgIpc) is 2.79. The third-order valence-corrected chi connectivity index (χ3v) is 6.56. The molecule has 2 N–H and O–H groups in total. The lowest BCUT2D eigenvalue weighted by atomic mass is 9.88. The lowest BCUT2D eigenvalue weighted by molar-refractivity contribution is -0.456. The van der Waals surface area contributed by atoms with Gasteiger partial charge in [0.2, 0.25) is 5.71 Å². The molecule has 1 aliphatic carbocycles.